The van der Waals surface area contributed by atoms with Crippen molar-refractivity contribution in [2.45, 2.75) is 69.9 Å². The van der Waals surface area contributed by atoms with E-state index in [1.807, 2.05) is 30.3 Å². The van der Waals surface area contributed by atoms with E-state index in [0.29, 0.717) is 12.2 Å². The number of likely N-dealkylation sites (N-methyl/N-ethyl adjacent to an activating group) is 1. The number of hydrogen-bond acceptors (Lipinski definition) is 8. The van der Waals surface area contributed by atoms with Gasteiger partial charge >= 0.3 is 5.97 Å². The molecule has 1 aromatic rings. The van der Waals surface area contributed by atoms with Crippen molar-refractivity contribution in [3.8, 4) is 0 Å². The van der Waals surface area contributed by atoms with Crippen LogP contribution in [0.15, 0.2) is 42.5 Å². The number of nitrogens with zero attached hydrogens (tertiary/aromatic N) is 1. The smallest absolute Gasteiger partial charge is 0.309 e. The zero-order valence-electron chi connectivity index (χ0n) is 22.1. The Hall–Kier alpha value is -2.50. The quantitative estimate of drug-likeness (QED) is 0.194. The van der Waals surface area contributed by atoms with Crippen molar-refractivity contribution in [3.05, 3.63) is 48.0 Å². The van der Waals surface area contributed by atoms with Crippen LogP contribution in [0.1, 0.15) is 38.7 Å². The van der Waals surface area contributed by atoms with Crippen LogP contribution >= 0.6 is 25.3 Å². The SMILES string of the molecule is CC(C)[C@H]1NC(=O)[C@@H](CS)NC(=O)[C@@H](Cc2ccccc2)N(C)C(=O)C[C@@H](/C=C/CCS)OC(=O)C[C@@H]1O. The minimum absolute atomic E-state index is 0.00570. The van der Waals surface area contributed by atoms with Gasteiger partial charge in [0.25, 0.3) is 0 Å². The van der Waals surface area contributed by atoms with Gasteiger partial charge in [0.05, 0.1) is 25.0 Å². The lowest BCUT2D eigenvalue weighted by molar-refractivity contribution is -0.152. The Morgan fingerprint density at radius 1 is 1.08 bits per heavy atom. The molecule has 0 spiro atoms. The summed E-state index contributed by atoms with van der Waals surface area (Å²) in [6, 6.07) is 6.50. The summed E-state index contributed by atoms with van der Waals surface area (Å²) in [6.07, 6.45) is 1.50. The highest BCUT2D eigenvalue weighted by Crippen LogP contribution is 2.16. The van der Waals surface area contributed by atoms with Gasteiger partial charge in [-0.05, 0) is 29.7 Å². The van der Waals surface area contributed by atoms with Gasteiger partial charge in [-0.2, -0.15) is 25.3 Å². The monoisotopic (exact) mass is 565 g/mol. The molecule has 9 nitrogen and oxygen atoms in total. The molecule has 1 aromatic carbocycles. The van der Waals surface area contributed by atoms with Gasteiger partial charge in [-0.3, -0.25) is 19.2 Å². The molecule has 38 heavy (non-hydrogen) atoms. The van der Waals surface area contributed by atoms with Gasteiger partial charge in [-0.25, -0.2) is 0 Å². The lowest BCUT2D eigenvalue weighted by Crippen LogP contribution is -2.58. The van der Waals surface area contributed by atoms with E-state index < -0.39 is 54.0 Å². The highest BCUT2D eigenvalue weighted by atomic mass is 32.1. The summed E-state index contributed by atoms with van der Waals surface area (Å²) in [5.74, 6) is -1.85. The maximum Gasteiger partial charge on any atom is 0.309 e. The van der Waals surface area contributed by atoms with Crippen molar-refractivity contribution < 1.29 is 29.0 Å². The average Bonchev–Trinajstić information content (AvgIpc) is 2.88. The molecule has 2 rings (SSSR count). The summed E-state index contributed by atoms with van der Waals surface area (Å²) in [5.41, 5.74) is 0.830. The first-order valence-corrected chi connectivity index (χ1v) is 14.0. The molecular weight excluding hydrogens is 526 g/mol. The molecule has 11 heteroatoms. The van der Waals surface area contributed by atoms with Crippen LogP contribution in [0.25, 0.3) is 0 Å². The second-order valence-electron chi connectivity index (χ2n) is 9.68. The number of aliphatic hydroxyl groups excluding tert-OH is 1. The van der Waals surface area contributed by atoms with Crippen molar-refractivity contribution in [1.29, 1.82) is 0 Å². The van der Waals surface area contributed by atoms with E-state index in [4.69, 9.17) is 4.74 Å². The summed E-state index contributed by atoms with van der Waals surface area (Å²) in [7, 11) is 1.51. The van der Waals surface area contributed by atoms with E-state index in [1.54, 1.807) is 26.0 Å². The molecule has 3 N–H and O–H groups in total. The van der Waals surface area contributed by atoms with Crippen LogP contribution in [0.5, 0.6) is 0 Å². The molecule has 0 aromatic heterocycles. The first kappa shape index (κ1) is 31.7. The van der Waals surface area contributed by atoms with Crippen LogP contribution < -0.4 is 10.6 Å². The van der Waals surface area contributed by atoms with Crippen LogP contribution in [-0.4, -0.2) is 82.6 Å². The van der Waals surface area contributed by atoms with Crippen LogP contribution in [0, 0.1) is 5.92 Å². The number of benzene rings is 1. The molecule has 0 unspecified atom stereocenters. The van der Waals surface area contributed by atoms with E-state index in [2.05, 4.69) is 35.9 Å². The van der Waals surface area contributed by atoms with E-state index in [1.165, 1.54) is 11.9 Å². The fourth-order valence-corrected chi connectivity index (χ4v) is 4.56. The number of nitrogens with one attached hydrogen (secondary N) is 2. The number of cyclic esters (lactones) is 1. The Labute approximate surface area is 235 Å². The Morgan fingerprint density at radius 3 is 2.37 bits per heavy atom. The Bertz CT molecular complexity index is 975. The standard InChI is InChI=1S/C27H39N3O6S2/c1-17(2)25-22(31)15-24(33)36-19(11-7-8-12-37)14-23(32)30(3)21(13-18-9-5-4-6-10-18)27(35)28-20(16-38)26(34)29-25/h4-7,9-11,17,19-22,25,31,37-38H,8,12-16H2,1-3H3,(H,28,35)(H,29,34)/b11-7+/t19-,20-,21-,22+,25-/m1/s1. The molecule has 0 radical (unpaired) electrons. The zero-order chi connectivity index (χ0) is 28.2. The number of carbonyl (C=O) groups excluding carboxylic acids is 4. The predicted molar refractivity (Wildman–Crippen MR) is 152 cm³/mol. The van der Waals surface area contributed by atoms with Gasteiger partial charge in [0.1, 0.15) is 18.2 Å². The summed E-state index contributed by atoms with van der Waals surface area (Å²) in [4.78, 5) is 53.9. The van der Waals surface area contributed by atoms with Gasteiger partial charge in [-0.15, -0.1) is 0 Å². The highest BCUT2D eigenvalue weighted by Gasteiger charge is 2.34. The average molecular weight is 566 g/mol. The maximum atomic E-state index is 13.5. The molecule has 0 bridgehead atoms. The molecular formula is C27H39N3O6S2. The summed E-state index contributed by atoms with van der Waals surface area (Å²) >= 11 is 8.42. The van der Waals surface area contributed by atoms with Crippen molar-refractivity contribution in [2.24, 2.45) is 5.92 Å². The number of allylic oxidation sites excluding steroid dienone is 1. The molecule has 3 amide bonds. The molecule has 0 saturated carbocycles. The number of amides is 3. The first-order valence-electron chi connectivity index (χ1n) is 12.7. The summed E-state index contributed by atoms with van der Waals surface area (Å²) in [5, 5.41) is 16.3. The minimum Gasteiger partial charge on any atom is -0.457 e. The highest BCUT2D eigenvalue weighted by molar-refractivity contribution is 7.80. The fourth-order valence-electron chi connectivity index (χ4n) is 4.15. The van der Waals surface area contributed by atoms with Crippen molar-refractivity contribution in [3.63, 3.8) is 0 Å². The van der Waals surface area contributed by atoms with E-state index in [0.717, 1.165) is 5.56 Å². The van der Waals surface area contributed by atoms with Crippen LogP contribution in [0.2, 0.25) is 0 Å². The lowest BCUT2D eigenvalue weighted by atomic mass is 9.96. The Kier molecular flexibility index (Phi) is 13.2. The van der Waals surface area contributed by atoms with Crippen molar-refractivity contribution in [2.75, 3.05) is 18.6 Å². The molecule has 0 aliphatic carbocycles. The normalized spacial score (nSPS) is 26.5. The second kappa shape index (κ2) is 15.8. The topological polar surface area (TPSA) is 125 Å². The van der Waals surface area contributed by atoms with Crippen LogP contribution in [-0.2, 0) is 30.3 Å². The number of carbonyl (C=O) groups is 4. The van der Waals surface area contributed by atoms with E-state index in [-0.39, 0.29) is 30.9 Å². The van der Waals surface area contributed by atoms with Gasteiger partial charge in [0, 0.05) is 19.2 Å². The molecule has 1 aliphatic rings. The van der Waals surface area contributed by atoms with Gasteiger partial charge in [-0.1, -0.05) is 50.3 Å². The summed E-state index contributed by atoms with van der Waals surface area (Å²) < 4.78 is 5.56. The second-order valence-corrected chi connectivity index (χ2v) is 10.5. The Morgan fingerprint density at radius 2 is 1.76 bits per heavy atom. The minimum atomic E-state index is -1.24. The molecule has 210 valence electrons. The third-order valence-electron chi connectivity index (χ3n) is 6.37. The van der Waals surface area contributed by atoms with Gasteiger partial charge in [0.15, 0.2) is 0 Å². The number of esters is 1. The first-order chi connectivity index (χ1) is 18.1. The van der Waals surface area contributed by atoms with E-state index in [9.17, 15) is 24.3 Å². The van der Waals surface area contributed by atoms with E-state index >= 15 is 0 Å². The van der Waals surface area contributed by atoms with Crippen molar-refractivity contribution >= 4 is 48.9 Å². The third-order valence-corrected chi connectivity index (χ3v) is 7.00. The third kappa shape index (κ3) is 9.67. The molecule has 5 atom stereocenters. The maximum absolute atomic E-state index is 13.5. The molecule has 1 aliphatic heterocycles. The zero-order valence-corrected chi connectivity index (χ0v) is 23.9. The van der Waals surface area contributed by atoms with Gasteiger partial charge in [0.2, 0.25) is 17.7 Å². The molecule has 1 saturated heterocycles. The largest absolute Gasteiger partial charge is 0.457 e. The number of rotatable bonds is 7. The molecule has 1 heterocycles. The van der Waals surface area contributed by atoms with Crippen LogP contribution in [0.4, 0.5) is 0 Å². The number of aliphatic hydroxyl groups is 1. The molecule has 1 fully saturated rings. The number of thiol groups is 2. The number of ether oxygens (including phenoxy) is 1. The summed E-state index contributed by atoms with van der Waals surface area (Å²) in [6.45, 7) is 3.60. The van der Waals surface area contributed by atoms with Crippen molar-refractivity contribution in [1.82, 2.24) is 15.5 Å². The lowest BCUT2D eigenvalue weighted by Gasteiger charge is -2.31. The number of hydrogen-bond donors (Lipinski definition) is 5. The van der Waals surface area contributed by atoms with Gasteiger partial charge < -0.3 is 25.4 Å². The predicted octanol–water partition coefficient (Wildman–Crippen LogP) is 1.55. The van der Waals surface area contributed by atoms with Crippen LogP contribution in [0.3, 0.4) is 0 Å². The fraction of sp³-hybridized carbons (Fsp3) is 0.556. The Balaban J connectivity index is 2.46.